The number of nitrogens with two attached hydrogens (primary N) is 1. The highest BCUT2D eigenvalue weighted by Crippen LogP contribution is 2.38. The van der Waals surface area contributed by atoms with Crippen LogP contribution in [-0.4, -0.2) is 43.6 Å². The molecule has 3 N–H and O–H groups in total. The average Bonchev–Trinajstić information content (AvgIpc) is 2.44. The summed E-state index contributed by atoms with van der Waals surface area (Å²) in [6, 6.07) is 3.63. The molecule has 0 saturated heterocycles. The summed E-state index contributed by atoms with van der Waals surface area (Å²) in [5.74, 6) is -0.604. The summed E-state index contributed by atoms with van der Waals surface area (Å²) in [4.78, 5) is 23.1. The number of aliphatic carboxylic acids is 1. The van der Waals surface area contributed by atoms with E-state index in [9.17, 15) is 9.59 Å². The van der Waals surface area contributed by atoms with Gasteiger partial charge in [0.25, 0.3) is 0 Å². The minimum atomic E-state index is -0.921. The second-order valence-electron chi connectivity index (χ2n) is 6.51. The highest BCUT2D eigenvalue weighted by atomic mass is 16.7. The van der Waals surface area contributed by atoms with Gasteiger partial charge in [0.15, 0.2) is 0 Å². The lowest BCUT2D eigenvalue weighted by Crippen LogP contribution is -2.25. The van der Waals surface area contributed by atoms with E-state index in [1.165, 1.54) is 0 Å². The van der Waals surface area contributed by atoms with Crippen molar-refractivity contribution >= 4 is 12.1 Å². The SMILES string of the molecule is Cc1cc(C)c(C(C)(C)CC(=O)O)c(OC(=O)OCCOCCN)c1. The summed E-state index contributed by atoms with van der Waals surface area (Å²) < 4.78 is 15.4. The molecule has 0 heterocycles. The van der Waals surface area contributed by atoms with Gasteiger partial charge in [-0.2, -0.15) is 0 Å². The largest absolute Gasteiger partial charge is 0.513 e. The Bertz CT molecular complexity index is 612. The predicted octanol–water partition coefficient (Wildman–Crippen LogP) is 2.55. The maximum atomic E-state index is 11.9. The Kier molecular flexibility index (Phi) is 7.86. The number of hydrogen-bond donors (Lipinski definition) is 2. The summed E-state index contributed by atoms with van der Waals surface area (Å²) in [5.41, 5.74) is 7.03. The average molecular weight is 353 g/mol. The number of aryl methyl sites for hydroxylation is 2. The van der Waals surface area contributed by atoms with Gasteiger partial charge in [0.05, 0.1) is 19.6 Å². The molecular weight excluding hydrogens is 326 g/mol. The van der Waals surface area contributed by atoms with Crippen LogP contribution in [0.3, 0.4) is 0 Å². The molecule has 0 unspecified atom stereocenters. The molecule has 140 valence electrons. The van der Waals surface area contributed by atoms with Crippen molar-refractivity contribution in [2.45, 2.75) is 39.5 Å². The molecule has 0 spiro atoms. The van der Waals surface area contributed by atoms with Gasteiger partial charge in [0.1, 0.15) is 12.4 Å². The fourth-order valence-electron chi connectivity index (χ4n) is 2.83. The Morgan fingerprint density at radius 1 is 1.16 bits per heavy atom. The number of ether oxygens (including phenoxy) is 3. The van der Waals surface area contributed by atoms with E-state index in [-0.39, 0.29) is 19.6 Å². The summed E-state index contributed by atoms with van der Waals surface area (Å²) in [6.45, 7) is 8.42. The normalized spacial score (nSPS) is 11.2. The number of carboxylic acid groups (broad SMARTS) is 1. The molecule has 7 nitrogen and oxygen atoms in total. The smallest absolute Gasteiger partial charge is 0.481 e. The first-order valence-electron chi connectivity index (χ1n) is 8.13. The van der Waals surface area contributed by atoms with E-state index in [2.05, 4.69) is 0 Å². The van der Waals surface area contributed by atoms with E-state index in [1.54, 1.807) is 19.9 Å². The van der Waals surface area contributed by atoms with Crippen LogP contribution in [0.2, 0.25) is 0 Å². The summed E-state index contributed by atoms with van der Waals surface area (Å²) in [6.07, 6.45) is -0.941. The summed E-state index contributed by atoms with van der Waals surface area (Å²) in [7, 11) is 0. The molecule has 0 atom stereocenters. The lowest BCUT2D eigenvalue weighted by molar-refractivity contribution is -0.138. The highest BCUT2D eigenvalue weighted by molar-refractivity contribution is 5.71. The molecule has 0 saturated carbocycles. The van der Waals surface area contributed by atoms with Gasteiger partial charge in [0.2, 0.25) is 0 Å². The molecule has 25 heavy (non-hydrogen) atoms. The van der Waals surface area contributed by atoms with E-state index < -0.39 is 17.5 Å². The first-order valence-corrected chi connectivity index (χ1v) is 8.13. The maximum absolute atomic E-state index is 11.9. The quantitative estimate of drug-likeness (QED) is 0.399. The van der Waals surface area contributed by atoms with Crippen LogP contribution < -0.4 is 10.5 Å². The standard InChI is InChI=1S/C18H27NO6/c1-12-9-13(2)16(18(3,4)11-15(20)21)14(10-12)25-17(22)24-8-7-23-6-5-19/h9-10H,5-8,11,19H2,1-4H3,(H,20,21). The van der Waals surface area contributed by atoms with Gasteiger partial charge >= 0.3 is 12.1 Å². The molecule has 0 radical (unpaired) electrons. The molecule has 0 aliphatic carbocycles. The minimum Gasteiger partial charge on any atom is -0.481 e. The Morgan fingerprint density at radius 2 is 1.84 bits per heavy atom. The minimum absolute atomic E-state index is 0.0531. The Hall–Kier alpha value is -2.12. The topological polar surface area (TPSA) is 108 Å². The Balaban J connectivity index is 2.91. The second kappa shape index (κ2) is 9.39. The zero-order valence-electron chi connectivity index (χ0n) is 15.3. The molecule has 0 aromatic heterocycles. The van der Waals surface area contributed by atoms with Crippen molar-refractivity contribution in [3.63, 3.8) is 0 Å². The fourth-order valence-corrected chi connectivity index (χ4v) is 2.83. The van der Waals surface area contributed by atoms with E-state index in [1.807, 2.05) is 19.9 Å². The van der Waals surface area contributed by atoms with Gasteiger partial charge in [-0.3, -0.25) is 4.79 Å². The number of carboxylic acids is 1. The third-order valence-corrected chi connectivity index (χ3v) is 3.62. The van der Waals surface area contributed by atoms with Crippen LogP contribution in [0.15, 0.2) is 12.1 Å². The van der Waals surface area contributed by atoms with Crippen LogP contribution in [0.5, 0.6) is 5.75 Å². The van der Waals surface area contributed by atoms with E-state index in [0.29, 0.717) is 24.5 Å². The van der Waals surface area contributed by atoms with Crippen LogP contribution in [-0.2, 0) is 19.7 Å². The Morgan fingerprint density at radius 3 is 2.44 bits per heavy atom. The highest BCUT2D eigenvalue weighted by Gasteiger charge is 2.30. The van der Waals surface area contributed by atoms with Crippen molar-refractivity contribution in [3.05, 3.63) is 28.8 Å². The number of carbonyl (C=O) groups is 2. The maximum Gasteiger partial charge on any atom is 0.513 e. The summed E-state index contributed by atoms with van der Waals surface area (Å²) >= 11 is 0. The van der Waals surface area contributed by atoms with Crippen LogP contribution in [0.1, 0.15) is 37.0 Å². The molecular formula is C18H27NO6. The Labute approximate surface area is 148 Å². The first-order chi connectivity index (χ1) is 11.7. The van der Waals surface area contributed by atoms with Crippen molar-refractivity contribution in [2.24, 2.45) is 5.73 Å². The predicted molar refractivity (Wildman–Crippen MR) is 93.0 cm³/mol. The van der Waals surface area contributed by atoms with Gasteiger partial charge in [-0.05, 0) is 31.0 Å². The molecule has 0 aliphatic heterocycles. The van der Waals surface area contributed by atoms with Gasteiger partial charge in [-0.1, -0.05) is 19.9 Å². The molecule has 0 bridgehead atoms. The molecule has 1 aromatic rings. The lowest BCUT2D eigenvalue weighted by Gasteiger charge is -2.27. The van der Waals surface area contributed by atoms with Gasteiger partial charge in [-0.25, -0.2) is 4.79 Å². The van der Waals surface area contributed by atoms with Crippen molar-refractivity contribution in [1.82, 2.24) is 0 Å². The molecule has 0 fully saturated rings. The third-order valence-electron chi connectivity index (χ3n) is 3.62. The fraction of sp³-hybridized carbons (Fsp3) is 0.556. The van der Waals surface area contributed by atoms with Crippen molar-refractivity contribution in [2.75, 3.05) is 26.4 Å². The monoisotopic (exact) mass is 353 g/mol. The van der Waals surface area contributed by atoms with E-state index >= 15 is 0 Å². The van der Waals surface area contributed by atoms with Crippen molar-refractivity contribution < 1.29 is 28.9 Å². The van der Waals surface area contributed by atoms with Gasteiger partial charge in [-0.15, -0.1) is 0 Å². The van der Waals surface area contributed by atoms with Crippen molar-refractivity contribution in [1.29, 1.82) is 0 Å². The van der Waals surface area contributed by atoms with E-state index in [4.69, 9.17) is 25.1 Å². The van der Waals surface area contributed by atoms with Crippen LogP contribution in [0.25, 0.3) is 0 Å². The number of benzene rings is 1. The third kappa shape index (κ3) is 6.72. The first kappa shape index (κ1) is 20.9. The van der Waals surface area contributed by atoms with Crippen LogP contribution in [0.4, 0.5) is 4.79 Å². The number of carbonyl (C=O) groups excluding carboxylic acids is 1. The second-order valence-corrected chi connectivity index (χ2v) is 6.51. The molecule has 0 amide bonds. The molecule has 7 heteroatoms. The van der Waals surface area contributed by atoms with Gasteiger partial charge < -0.3 is 25.1 Å². The van der Waals surface area contributed by atoms with E-state index in [0.717, 1.165) is 11.1 Å². The zero-order valence-corrected chi connectivity index (χ0v) is 15.3. The van der Waals surface area contributed by atoms with Gasteiger partial charge in [0, 0.05) is 17.5 Å². The molecule has 0 aliphatic rings. The molecule has 1 rings (SSSR count). The summed E-state index contributed by atoms with van der Waals surface area (Å²) in [5, 5.41) is 9.16. The van der Waals surface area contributed by atoms with Crippen molar-refractivity contribution in [3.8, 4) is 5.75 Å². The molecule has 1 aromatic carbocycles. The zero-order chi connectivity index (χ0) is 19.0. The number of hydrogen-bond acceptors (Lipinski definition) is 6. The number of rotatable bonds is 9. The van der Waals surface area contributed by atoms with Crippen LogP contribution in [0, 0.1) is 13.8 Å². The lowest BCUT2D eigenvalue weighted by atomic mass is 9.78. The van der Waals surface area contributed by atoms with Crippen LogP contribution >= 0.6 is 0 Å².